The molecule has 3 aromatic carbocycles. The van der Waals surface area contributed by atoms with Crippen LogP contribution in [-0.4, -0.2) is 25.0 Å². The molecule has 0 bridgehead atoms. The Bertz CT molecular complexity index is 848. The van der Waals surface area contributed by atoms with Gasteiger partial charge < -0.3 is 10.1 Å². The van der Waals surface area contributed by atoms with Gasteiger partial charge in [0.1, 0.15) is 0 Å². The maximum absolute atomic E-state index is 12.6. The number of esters is 1. The Morgan fingerprint density at radius 2 is 1.54 bits per heavy atom. The van der Waals surface area contributed by atoms with Crippen molar-refractivity contribution >= 4 is 33.4 Å². The Balaban J connectivity index is 1.97. The van der Waals surface area contributed by atoms with Crippen LogP contribution >= 0.6 is 0 Å². The number of hydrogen-bond donors (Lipinski definition) is 1. The predicted molar refractivity (Wildman–Crippen MR) is 95.0 cm³/mol. The summed E-state index contributed by atoms with van der Waals surface area (Å²) in [5.74, 6) is -0.760. The van der Waals surface area contributed by atoms with E-state index in [1.165, 1.54) is 0 Å². The number of nitrogens with one attached hydrogen (secondary N) is 1. The van der Waals surface area contributed by atoms with E-state index in [0.717, 1.165) is 28.0 Å². The van der Waals surface area contributed by atoms with E-state index in [1.54, 1.807) is 0 Å². The molecule has 0 aliphatic rings. The highest BCUT2D eigenvalue weighted by Crippen LogP contribution is 2.28. The van der Waals surface area contributed by atoms with Gasteiger partial charge in [0.05, 0.1) is 5.56 Å². The Hall–Kier alpha value is -2.88. The maximum atomic E-state index is 12.6. The van der Waals surface area contributed by atoms with Crippen molar-refractivity contribution in [3.63, 3.8) is 0 Å². The number of ether oxygens (including phenoxy) is 1. The number of benzene rings is 3. The largest absolute Gasteiger partial charge is 0.452 e. The minimum Gasteiger partial charge on any atom is -0.452 e. The summed E-state index contributed by atoms with van der Waals surface area (Å²) < 4.78 is 5.25. The van der Waals surface area contributed by atoms with Crippen LogP contribution in [0.15, 0.2) is 54.6 Å². The summed E-state index contributed by atoms with van der Waals surface area (Å²) in [7, 11) is 0. The minimum atomic E-state index is -0.477. The van der Waals surface area contributed by atoms with Crippen LogP contribution in [-0.2, 0) is 9.53 Å². The number of hydrogen-bond acceptors (Lipinski definition) is 3. The van der Waals surface area contributed by atoms with Crippen molar-refractivity contribution in [2.45, 2.75) is 13.3 Å². The molecule has 0 aliphatic heterocycles. The van der Waals surface area contributed by atoms with Crippen LogP contribution in [0.4, 0.5) is 0 Å². The molecule has 0 atom stereocenters. The summed E-state index contributed by atoms with van der Waals surface area (Å²) >= 11 is 0. The molecular formula is C20H19NO3. The van der Waals surface area contributed by atoms with Crippen molar-refractivity contribution in [3.8, 4) is 0 Å². The number of carbonyl (C=O) groups excluding carboxylic acids is 2. The van der Waals surface area contributed by atoms with E-state index in [1.807, 2.05) is 55.5 Å². The molecule has 0 heterocycles. The van der Waals surface area contributed by atoms with Gasteiger partial charge in [-0.15, -0.1) is 0 Å². The molecule has 1 amide bonds. The van der Waals surface area contributed by atoms with Gasteiger partial charge in [0, 0.05) is 6.54 Å². The maximum Gasteiger partial charge on any atom is 0.339 e. The molecule has 0 aliphatic carbocycles. The SMILES string of the molecule is CCCNC(=O)COC(=O)c1c2ccccc2cc2ccccc12. The average molecular weight is 321 g/mol. The first kappa shape index (κ1) is 16.0. The lowest BCUT2D eigenvalue weighted by molar-refractivity contribution is -0.124. The van der Waals surface area contributed by atoms with E-state index < -0.39 is 5.97 Å². The zero-order valence-corrected chi connectivity index (χ0v) is 13.5. The van der Waals surface area contributed by atoms with Crippen molar-refractivity contribution in [1.82, 2.24) is 5.32 Å². The quantitative estimate of drug-likeness (QED) is 0.576. The molecule has 0 radical (unpaired) electrons. The minimum absolute atomic E-state index is 0.267. The second-order valence-corrected chi connectivity index (χ2v) is 5.62. The Labute approximate surface area is 140 Å². The summed E-state index contributed by atoms with van der Waals surface area (Å²) in [4.78, 5) is 24.3. The van der Waals surface area contributed by atoms with Crippen LogP contribution in [0.25, 0.3) is 21.5 Å². The molecule has 0 spiro atoms. The normalized spacial score (nSPS) is 10.7. The number of rotatable bonds is 5. The highest BCUT2D eigenvalue weighted by Gasteiger charge is 2.17. The number of carbonyl (C=O) groups is 2. The van der Waals surface area contributed by atoms with Crippen LogP contribution in [0.1, 0.15) is 23.7 Å². The van der Waals surface area contributed by atoms with E-state index in [0.29, 0.717) is 12.1 Å². The molecule has 24 heavy (non-hydrogen) atoms. The van der Waals surface area contributed by atoms with E-state index in [9.17, 15) is 9.59 Å². The third-order valence-electron chi connectivity index (χ3n) is 3.88. The van der Waals surface area contributed by atoms with Crippen molar-refractivity contribution in [2.24, 2.45) is 0 Å². The lowest BCUT2D eigenvalue weighted by Crippen LogP contribution is -2.29. The lowest BCUT2D eigenvalue weighted by Gasteiger charge is -2.11. The van der Waals surface area contributed by atoms with Gasteiger partial charge in [-0.1, -0.05) is 55.5 Å². The molecule has 0 saturated heterocycles. The summed E-state index contributed by atoms with van der Waals surface area (Å²) in [5, 5.41) is 6.30. The Morgan fingerprint density at radius 1 is 0.958 bits per heavy atom. The van der Waals surface area contributed by atoms with E-state index >= 15 is 0 Å². The van der Waals surface area contributed by atoms with Crippen LogP contribution < -0.4 is 5.32 Å². The van der Waals surface area contributed by atoms with Crippen molar-refractivity contribution in [3.05, 3.63) is 60.2 Å². The third-order valence-corrected chi connectivity index (χ3v) is 3.88. The van der Waals surface area contributed by atoms with E-state index in [2.05, 4.69) is 11.4 Å². The fourth-order valence-corrected chi connectivity index (χ4v) is 2.75. The zero-order valence-electron chi connectivity index (χ0n) is 13.5. The van der Waals surface area contributed by atoms with Gasteiger partial charge in [-0.2, -0.15) is 0 Å². The summed E-state index contributed by atoms with van der Waals surface area (Å²) in [6, 6.07) is 17.4. The molecule has 4 nitrogen and oxygen atoms in total. The van der Waals surface area contributed by atoms with Gasteiger partial charge in [-0.25, -0.2) is 4.79 Å². The topological polar surface area (TPSA) is 55.4 Å². The Morgan fingerprint density at radius 3 is 2.12 bits per heavy atom. The molecule has 1 N–H and O–H groups in total. The molecule has 3 rings (SSSR count). The zero-order chi connectivity index (χ0) is 16.9. The molecule has 0 saturated carbocycles. The smallest absolute Gasteiger partial charge is 0.339 e. The molecule has 4 heteroatoms. The van der Waals surface area contributed by atoms with Crippen molar-refractivity contribution in [1.29, 1.82) is 0 Å². The second kappa shape index (κ2) is 7.13. The number of fused-ring (bicyclic) bond motifs is 2. The van der Waals surface area contributed by atoms with E-state index in [4.69, 9.17) is 4.74 Å². The van der Waals surface area contributed by atoms with Crippen LogP contribution in [0, 0.1) is 0 Å². The van der Waals surface area contributed by atoms with Crippen LogP contribution in [0.5, 0.6) is 0 Å². The van der Waals surface area contributed by atoms with Crippen LogP contribution in [0.2, 0.25) is 0 Å². The highest BCUT2D eigenvalue weighted by atomic mass is 16.5. The lowest BCUT2D eigenvalue weighted by atomic mass is 9.97. The number of amides is 1. The Kier molecular flexibility index (Phi) is 4.75. The molecule has 122 valence electrons. The monoisotopic (exact) mass is 321 g/mol. The second-order valence-electron chi connectivity index (χ2n) is 5.62. The molecule has 3 aromatic rings. The fraction of sp³-hybridized carbons (Fsp3) is 0.200. The average Bonchev–Trinajstić information content (AvgIpc) is 2.62. The van der Waals surface area contributed by atoms with Gasteiger partial charge >= 0.3 is 5.97 Å². The first-order valence-electron chi connectivity index (χ1n) is 8.05. The van der Waals surface area contributed by atoms with Gasteiger partial charge in [-0.3, -0.25) is 4.79 Å². The van der Waals surface area contributed by atoms with Crippen molar-refractivity contribution in [2.75, 3.05) is 13.2 Å². The van der Waals surface area contributed by atoms with Gasteiger partial charge in [0.25, 0.3) is 5.91 Å². The predicted octanol–water partition coefficient (Wildman–Crippen LogP) is 3.68. The van der Waals surface area contributed by atoms with Crippen molar-refractivity contribution < 1.29 is 14.3 Å². The van der Waals surface area contributed by atoms with Gasteiger partial charge in [0.15, 0.2) is 6.61 Å². The fourth-order valence-electron chi connectivity index (χ4n) is 2.75. The van der Waals surface area contributed by atoms with Crippen LogP contribution in [0.3, 0.4) is 0 Å². The standard InChI is InChI=1S/C20H19NO3/c1-2-11-21-18(22)13-24-20(23)19-16-9-5-3-7-14(16)12-15-8-4-6-10-17(15)19/h3-10,12H,2,11,13H2,1H3,(H,21,22). The first-order chi connectivity index (χ1) is 11.7. The highest BCUT2D eigenvalue weighted by molar-refractivity contribution is 6.16. The molecule has 0 unspecified atom stereocenters. The van der Waals surface area contributed by atoms with Gasteiger partial charge in [0.2, 0.25) is 0 Å². The summed E-state index contributed by atoms with van der Waals surface area (Å²) in [5.41, 5.74) is 0.506. The molecule has 0 aromatic heterocycles. The van der Waals surface area contributed by atoms with Gasteiger partial charge in [-0.05, 0) is 34.0 Å². The molecular weight excluding hydrogens is 302 g/mol. The summed E-state index contributed by atoms with van der Waals surface area (Å²) in [6.45, 7) is 2.28. The van der Waals surface area contributed by atoms with E-state index in [-0.39, 0.29) is 12.5 Å². The third kappa shape index (κ3) is 3.23. The summed E-state index contributed by atoms with van der Waals surface area (Å²) in [6.07, 6.45) is 0.841. The first-order valence-corrected chi connectivity index (χ1v) is 8.05. The molecule has 0 fully saturated rings.